The van der Waals surface area contributed by atoms with Crippen molar-refractivity contribution in [2.75, 3.05) is 25.4 Å². The first-order valence-electron chi connectivity index (χ1n) is 6.73. The number of hydrogen-bond acceptors (Lipinski definition) is 5. The Morgan fingerprint density at radius 3 is 2.62 bits per heavy atom. The molecule has 1 saturated heterocycles. The predicted molar refractivity (Wildman–Crippen MR) is 77.8 cm³/mol. The Bertz CT molecular complexity index is 689. The van der Waals surface area contributed by atoms with Gasteiger partial charge in [-0.2, -0.15) is 5.10 Å². The van der Waals surface area contributed by atoms with Crippen LogP contribution in [0.15, 0.2) is 4.90 Å². The Morgan fingerprint density at radius 2 is 2.05 bits per heavy atom. The van der Waals surface area contributed by atoms with E-state index in [0.29, 0.717) is 24.4 Å². The normalized spacial score (nSPS) is 19.7. The van der Waals surface area contributed by atoms with Crippen LogP contribution in [0.2, 0.25) is 0 Å². The summed E-state index contributed by atoms with van der Waals surface area (Å²) in [6.07, 6.45) is 1.48. The zero-order chi connectivity index (χ0) is 15.7. The van der Waals surface area contributed by atoms with Crippen LogP contribution < -0.4 is 4.72 Å². The minimum Gasteiger partial charge on any atom is -0.281 e. The van der Waals surface area contributed by atoms with Gasteiger partial charge in [0.25, 0.3) is 0 Å². The van der Waals surface area contributed by atoms with Gasteiger partial charge in [-0.1, -0.05) is 0 Å². The maximum absolute atomic E-state index is 12.2. The van der Waals surface area contributed by atoms with Gasteiger partial charge < -0.3 is 0 Å². The number of nitrogens with one attached hydrogen (secondary N) is 2. The van der Waals surface area contributed by atoms with Crippen molar-refractivity contribution in [3.8, 4) is 0 Å². The molecule has 2 rings (SSSR count). The molecule has 1 aliphatic heterocycles. The number of H-pyrrole nitrogens is 1. The van der Waals surface area contributed by atoms with E-state index in [0.717, 1.165) is 6.42 Å². The number of hydrogen-bond donors (Lipinski definition) is 2. The molecule has 0 unspecified atom stereocenters. The molecule has 0 bridgehead atoms. The molecular formula is C11H20N4O4S2. The van der Waals surface area contributed by atoms with Crippen molar-refractivity contribution in [1.82, 2.24) is 19.2 Å². The fourth-order valence-corrected chi connectivity index (χ4v) is 5.40. The SMILES string of the molecule is Cc1n[nH]c(C)c1S(=O)(=O)NCCN1CCCCS1(=O)=O. The van der Waals surface area contributed by atoms with Gasteiger partial charge in [-0.15, -0.1) is 0 Å². The predicted octanol–water partition coefficient (Wildman–Crippen LogP) is -0.270. The van der Waals surface area contributed by atoms with E-state index in [-0.39, 0.29) is 23.7 Å². The zero-order valence-corrected chi connectivity index (χ0v) is 13.7. The molecular weight excluding hydrogens is 316 g/mol. The Hall–Kier alpha value is -0.970. The minimum absolute atomic E-state index is 0.0472. The fourth-order valence-electron chi connectivity index (χ4n) is 2.41. The third-order valence-electron chi connectivity index (χ3n) is 3.44. The van der Waals surface area contributed by atoms with Crippen molar-refractivity contribution in [3.05, 3.63) is 11.4 Å². The van der Waals surface area contributed by atoms with E-state index < -0.39 is 20.0 Å². The van der Waals surface area contributed by atoms with Gasteiger partial charge in [0, 0.05) is 19.6 Å². The molecule has 21 heavy (non-hydrogen) atoms. The van der Waals surface area contributed by atoms with E-state index in [1.54, 1.807) is 13.8 Å². The molecule has 1 aromatic heterocycles. The van der Waals surface area contributed by atoms with E-state index >= 15 is 0 Å². The van der Waals surface area contributed by atoms with Gasteiger partial charge in [-0.25, -0.2) is 25.9 Å². The van der Waals surface area contributed by atoms with Gasteiger partial charge in [0.2, 0.25) is 20.0 Å². The third-order valence-corrected chi connectivity index (χ3v) is 7.12. The number of aryl methyl sites for hydroxylation is 2. The first-order chi connectivity index (χ1) is 9.74. The van der Waals surface area contributed by atoms with Gasteiger partial charge >= 0.3 is 0 Å². The van der Waals surface area contributed by atoms with Crippen LogP contribution in [0.25, 0.3) is 0 Å². The Labute approximate surface area is 125 Å². The number of sulfonamides is 2. The number of aromatic amines is 1. The monoisotopic (exact) mass is 336 g/mol. The molecule has 0 aromatic carbocycles. The van der Waals surface area contributed by atoms with Crippen molar-refractivity contribution in [1.29, 1.82) is 0 Å². The highest BCUT2D eigenvalue weighted by Gasteiger charge is 2.26. The highest BCUT2D eigenvalue weighted by Crippen LogP contribution is 2.16. The van der Waals surface area contributed by atoms with Crippen LogP contribution in [0.1, 0.15) is 24.2 Å². The average molecular weight is 336 g/mol. The molecule has 0 amide bonds. The average Bonchev–Trinajstić information content (AvgIpc) is 2.71. The minimum atomic E-state index is -3.68. The van der Waals surface area contributed by atoms with Crippen LogP contribution in [-0.2, 0) is 20.0 Å². The van der Waals surface area contributed by atoms with Crippen molar-refractivity contribution in [2.24, 2.45) is 0 Å². The molecule has 2 heterocycles. The molecule has 0 saturated carbocycles. The lowest BCUT2D eigenvalue weighted by Gasteiger charge is -2.26. The zero-order valence-electron chi connectivity index (χ0n) is 12.1. The van der Waals surface area contributed by atoms with Crippen LogP contribution in [0.3, 0.4) is 0 Å². The van der Waals surface area contributed by atoms with Crippen molar-refractivity contribution in [2.45, 2.75) is 31.6 Å². The standard InChI is InChI=1S/C11H20N4O4S2/c1-9-11(10(2)14-13-9)21(18,19)12-5-7-15-6-3-4-8-20(15,16)17/h12H,3-8H2,1-2H3,(H,13,14). The molecule has 0 aliphatic carbocycles. The molecule has 1 aromatic rings. The molecule has 10 heteroatoms. The number of rotatable bonds is 5. The number of nitrogens with zero attached hydrogens (tertiary/aromatic N) is 2. The smallest absolute Gasteiger partial charge is 0.244 e. The third kappa shape index (κ3) is 3.62. The van der Waals surface area contributed by atoms with Crippen LogP contribution in [-0.4, -0.2) is 56.7 Å². The fraction of sp³-hybridized carbons (Fsp3) is 0.727. The summed E-state index contributed by atoms with van der Waals surface area (Å²) in [6.45, 7) is 3.88. The van der Waals surface area contributed by atoms with E-state index in [1.165, 1.54) is 4.31 Å². The summed E-state index contributed by atoms with van der Waals surface area (Å²) in [6, 6.07) is 0. The molecule has 120 valence electrons. The van der Waals surface area contributed by atoms with E-state index in [1.807, 2.05) is 0 Å². The summed E-state index contributed by atoms with van der Waals surface area (Å²) in [5, 5.41) is 6.47. The van der Waals surface area contributed by atoms with Crippen molar-refractivity contribution >= 4 is 20.0 Å². The molecule has 8 nitrogen and oxygen atoms in total. The molecule has 0 radical (unpaired) electrons. The Balaban J connectivity index is 2.00. The second-order valence-electron chi connectivity index (χ2n) is 5.08. The highest BCUT2D eigenvalue weighted by molar-refractivity contribution is 7.89. The van der Waals surface area contributed by atoms with Gasteiger partial charge in [-0.05, 0) is 26.7 Å². The molecule has 1 fully saturated rings. The Kier molecular flexibility index (Phi) is 4.71. The van der Waals surface area contributed by atoms with Gasteiger partial charge in [0.1, 0.15) is 4.90 Å². The van der Waals surface area contributed by atoms with Gasteiger partial charge in [-0.3, -0.25) is 5.10 Å². The van der Waals surface area contributed by atoms with E-state index in [9.17, 15) is 16.8 Å². The molecule has 0 spiro atoms. The lowest BCUT2D eigenvalue weighted by molar-refractivity contribution is 0.386. The summed E-state index contributed by atoms with van der Waals surface area (Å²) in [5.41, 5.74) is 0.858. The van der Waals surface area contributed by atoms with Crippen molar-refractivity contribution < 1.29 is 16.8 Å². The van der Waals surface area contributed by atoms with E-state index in [2.05, 4.69) is 14.9 Å². The van der Waals surface area contributed by atoms with Crippen LogP contribution in [0, 0.1) is 13.8 Å². The topological polar surface area (TPSA) is 112 Å². The lowest BCUT2D eigenvalue weighted by Crippen LogP contribution is -2.42. The summed E-state index contributed by atoms with van der Waals surface area (Å²) >= 11 is 0. The van der Waals surface area contributed by atoms with Crippen LogP contribution >= 0.6 is 0 Å². The lowest BCUT2D eigenvalue weighted by atomic mass is 10.3. The molecule has 0 atom stereocenters. The Morgan fingerprint density at radius 1 is 1.33 bits per heavy atom. The number of aromatic nitrogens is 2. The summed E-state index contributed by atoms with van der Waals surface area (Å²) in [7, 11) is -6.91. The van der Waals surface area contributed by atoms with E-state index in [4.69, 9.17) is 0 Å². The second kappa shape index (κ2) is 6.03. The summed E-state index contributed by atoms with van der Waals surface area (Å²) in [5.74, 6) is 0.139. The maximum Gasteiger partial charge on any atom is 0.244 e. The van der Waals surface area contributed by atoms with Gasteiger partial charge in [0.15, 0.2) is 0 Å². The quantitative estimate of drug-likeness (QED) is 0.769. The second-order valence-corrected chi connectivity index (χ2v) is 8.88. The molecule has 1 aliphatic rings. The first-order valence-corrected chi connectivity index (χ1v) is 9.82. The summed E-state index contributed by atoms with van der Waals surface area (Å²) < 4.78 is 51.8. The van der Waals surface area contributed by atoms with Crippen LogP contribution in [0.4, 0.5) is 0 Å². The van der Waals surface area contributed by atoms with Gasteiger partial charge in [0.05, 0.1) is 17.1 Å². The van der Waals surface area contributed by atoms with Crippen molar-refractivity contribution in [3.63, 3.8) is 0 Å². The van der Waals surface area contributed by atoms with Crippen LogP contribution in [0.5, 0.6) is 0 Å². The highest BCUT2D eigenvalue weighted by atomic mass is 32.2. The largest absolute Gasteiger partial charge is 0.281 e. The first kappa shape index (κ1) is 16.4. The summed E-state index contributed by atoms with van der Waals surface area (Å²) in [4.78, 5) is 0.129. The molecule has 2 N–H and O–H groups in total. The maximum atomic E-state index is 12.2.